The molecule has 0 atom stereocenters. The van der Waals surface area contributed by atoms with E-state index < -0.39 is 0 Å². The highest BCUT2D eigenvalue weighted by Crippen LogP contribution is 2.28. The number of carbonyl (C=O) groups excluding carboxylic acids is 2. The Hall–Kier alpha value is -2.28. The number of nitrogens with one attached hydrogen (secondary N) is 3. The summed E-state index contributed by atoms with van der Waals surface area (Å²) < 4.78 is 0. The van der Waals surface area contributed by atoms with Gasteiger partial charge in [-0.2, -0.15) is 0 Å². The van der Waals surface area contributed by atoms with Gasteiger partial charge in [-0.15, -0.1) is 0 Å². The highest BCUT2D eigenvalue weighted by atomic mass is 16.2. The van der Waals surface area contributed by atoms with Crippen LogP contribution in [0.25, 0.3) is 0 Å². The van der Waals surface area contributed by atoms with Gasteiger partial charge in [0.25, 0.3) is 0 Å². The van der Waals surface area contributed by atoms with Crippen LogP contribution in [0.15, 0.2) is 24.3 Å². The summed E-state index contributed by atoms with van der Waals surface area (Å²) >= 11 is 0. The summed E-state index contributed by atoms with van der Waals surface area (Å²) in [4.78, 5) is 28.8. The standard InChI is InChI=1S/C21H33N5O2/c1-2-11-22-20(27)16-25-14-9-17(10-15-25)23-21(28)24-18-7-3-4-8-19(18)26-12-5-6-13-26/h3-4,7-8,17H,2,5-6,9-16H2,1H3,(H,22,27)(H2,23,24,28). The average Bonchev–Trinajstić information content (AvgIpc) is 3.23. The Morgan fingerprint density at radius 2 is 1.79 bits per heavy atom. The smallest absolute Gasteiger partial charge is 0.319 e. The monoisotopic (exact) mass is 387 g/mol. The summed E-state index contributed by atoms with van der Waals surface area (Å²) in [6, 6.07) is 8.01. The summed E-state index contributed by atoms with van der Waals surface area (Å²) in [5.74, 6) is 0.0875. The maximum Gasteiger partial charge on any atom is 0.319 e. The summed E-state index contributed by atoms with van der Waals surface area (Å²) in [5.41, 5.74) is 1.97. The van der Waals surface area contributed by atoms with Gasteiger partial charge >= 0.3 is 6.03 Å². The molecule has 7 nitrogen and oxygen atoms in total. The van der Waals surface area contributed by atoms with Crippen molar-refractivity contribution in [3.05, 3.63) is 24.3 Å². The molecule has 2 saturated heterocycles. The molecule has 3 rings (SSSR count). The number of rotatable bonds is 7. The molecular formula is C21H33N5O2. The van der Waals surface area contributed by atoms with E-state index in [-0.39, 0.29) is 18.0 Å². The molecule has 0 bridgehead atoms. The minimum Gasteiger partial charge on any atom is -0.370 e. The van der Waals surface area contributed by atoms with E-state index in [1.807, 2.05) is 25.1 Å². The number of para-hydroxylation sites is 2. The number of hydrogen-bond acceptors (Lipinski definition) is 4. The zero-order chi connectivity index (χ0) is 19.8. The van der Waals surface area contributed by atoms with Gasteiger partial charge in [0.2, 0.25) is 5.91 Å². The largest absolute Gasteiger partial charge is 0.370 e. The number of piperidine rings is 1. The lowest BCUT2D eigenvalue weighted by atomic mass is 10.1. The van der Waals surface area contributed by atoms with Crippen LogP contribution in [0.1, 0.15) is 39.0 Å². The predicted octanol–water partition coefficient (Wildman–Crippen LogP) is 2.40. The van der Waals surface area contributed by atoms with Crippen molar-refractivity contribution in [3.63, 3.8) is 0 Å². The van der Waals surface area contributed by atoms with Crippen LogP contribution in [-0.2, 0) is 4.79 Å². The molecule has 154 valence electrons. The molecule has 1 aromatic carbocycles. The third kappa shape index (κ3) is 5.86. The molecule has 28 heavy (non-hydrogen) atoms. The van der Waals surface area contributed by atoms with Crippen LogP contribution in [0.5, 0.6) is 0 Å². The van der Waals surface area contributed by atoms with Gasteiger partial charge in [-0.25, -0.2) is 4.79 Å². The first-order chi connectivity index (χ1) is 13.7. The van der Waals surface area contributed by atoms with Crippen LogP contribution in [0.4, 0.5) is 16.2 Å². The van der Waals surface area contributed by atoms with Gasteiger partial charge in [0.1, 0.15) is 0 Å². The summed E-state index contributed by atoms with van der Waals surface area (Å²) in [7, 11) is 0. The second kappa shape index (κ2) is 10.3. The van der Waals surface area contributed by atoms with Gasteiger partial charge in [0.15, 0.2) is 0 Å². The first kappa shape index (κ1) is 20.5. The normalized spacial score (nSPS) is 18.1. The van der Waals surface area contributed by atoms with Crippen LogP contribution in [-0.4, -0.2) is 62.1 Å². The van der Waals surface area contributed by atoms with Crippen LogP contribution in [0.2, 0.25) is 0 Å². The van der Waals surface area contributed by atoms with E-state index in [4.69, 9.17) is 0 Å². The minimum atomic E-state index is -0.147. The van der Waals surface area contributed by atoms with Crippen molar-refractivity contribution < 1.29 is 9.59 Å². The van der Waals surface area contributed by atoms with Crippen LogP contribution >= 0.6 is 0 Å². The molecule has 2 aliphatic rings. The lowest BCUT2D eigenvalue weighted by Gasteiger charge is -2.32. The molecule has 0 unspecified atom stereocenters. The summed E-state index contributed by atoms with van der Waals surface area (Å²) in [6.07, 6.45) is 5.09. The lowest BCUT2D eigenvalue weighted by molar-refractivity contribution is -0.122. The number of benzene rings is 1. The zero-order valence-corrected chi connectivity index (χ0v) is 16.9. The second-order valence-corrected chi connectivity index (χ2v) is 7.71. The fourth-order valence-electron chi connectivity index (χ4n) is 3.92. The molecule has 0 aliphatic carbocycles. The molecule has 1 aromatic rings. The van der Waals surface area contributed by atoms with Gasteiger partial charge < -0.3 is 20.9 Å². The Morgan fingerprint density at radius 3 is 2.50 bits per heavy atom. The molecule has 3 N–H and O–H groups in total. The molecule has 0 aromatic heterocycles. The SMILES string of the molecule is CCCNC(=O)CN1CCC(NC(=O)Nc2ccccc2N2CCCC2)CC1. The number of hydrogen-bond donors (Lipinski definition) is 3. The third-order valence-electron chi connectivity index (χ3n) is 5.46. The lowest BCUT2D eigenvalue weighted by Crippen LogP contribution is -2.48. The van der Waals surface area contributed by atoms with Crippen molar-refractivity contribution in [3.8, 4) is 0 Å². The van der Waals surface area contributed by atoms with E-state index in [1.165, 1.54) is 12.8 Å². The Bertz CT molecular complexity index is 652. The first-order valence-corrected chi connectivity index (χ1v) is 10.6. The van der Waals surface area contributed by atoms with Crippen LogP contribution in [0, 0.1) is 0 Å². The van der Waals surface area contributed by atoms with Crippen LogP contribution in [0.3, 0.4) is 0 Å². The Morgan fingerprint density at radius 1 is 1.07 bits per heavy atom. The molecular weight excluding hydrogens is 354 g/mol. The average molecular weight is 388 g/mol. The molecule has 2 fully saturated rings. The highest BCUT2D eigenvalue weighted by molar-refractivity contribution is 5.93. The molecule has 7 heteroatoms. The highest BCUT2D eigenvalue weighted by Gasteiger charge is 2.23. The molecule has 0 saturated carbocycles. The Kier molecular flexibility index (Phi) is 7.54. The molecule has 2 aliphatic heterocycles. The number of likely N-dealkylation sites (tertiary alicyclic amines) is 1. The molecule has 3 amide bonds. The molecule has 0 spiro atoms. The second-order valence-electron chi connectivity index (χ2n) is 7.71. The van der Waals surface area contributed by atoms with Gasteiger partial charge in [-0.1, -0.05) is 19.1 Å². The first-order valence-electron chi connectivity index (χ1n) is 10.6. The van der Waals surface area contributed by atoms with Crippen molar-refractivity contribution in [1.29, 1.82) is 0 Å². The maximum atomic E-state index is 12.5. The number of anilines is 2. The van der Waals surface area contributed by atoms with E-state index >= 15 is 0 Å². The van der Waals surface area contributed by atoms with Crippen molar-refractivity contribution in [2.45, 2.75) is 45.1 Å². The Labute approximate surface area is 167 Å². The van der Waals surface area contributed by atoms with Crippen molar-refractivity contribution >= 4 is 23.3 Å². The predicted molar refractivity (Wildman–Crippen MR) is 113 cm³/mol. The Balaban J connectivity index is 1.43. The third-order valence-corrected chi connectivity index (χ3v) is 5.46. The van der Waals surface area contributed by atoms with Gasteiger partial charge in [-0.05, 0) is 44.2 Å². The van der Waals surface area contributed by atoms with E-state index in [2.05, 4.69) is 31.8 Å². The van der Waals surface area contributed by atoms with E-state index in [9.17, 15) is 9.59 Å². The maximum absolute atomic E-state index is 12.5. The van der Waals surface area contributed by atoms with E-state index in [0.717, 1.165) is 63.4 Å². The van der Waals surface area contributed by atoms with Gasteiger partial charge in [0, 0.05) is 38.8 Å². The number of amides is 3. The quantitative estimate of drug-likeness (QED) is 0.671. The number of urea groups is 1. The summed E-state index contributed by atoms with van der Waals surface area (Å²) in [5, 5.41) is 9.04. The molecule has 2 heterocycles. The molecule has 0 radical (unpaired) electrons. The van der Waals surface area contributed by atoms with Crippen LogP contribution < -0.4 is 20.9 Å². The number of nitrogens with zero attached hydrogens (tertiary/aromatic N) is 2. The van der Waals surface area contributed by atoms with Gasteiger partial charge in [-0.3, -0.25) is 9.69 Å². The topological polar surface area (TPSA) is 76.7 Å². The fraction of sp³-hybridized carbons (Fsp3) is 0.619. The van der Waals surface area contributed by atoms with Crippen molar-refractivity contribution in [2.24, 2.45) is 0 Å². The number of carbonyl (C=O) groups is 2. The van der Waals surface area contributed by atoms with E-state index in [0.29, 0.717) is 6.54 Å². The van der Waals surface area contributed by atoms with Gasteiger partial charge in [0.05, 0.1) is 17.9 Å². The summed E-state index contributed by atoms with van der Waals surface area (Å²) in [6.45, 7) is 6.98. The van der Waals surface area contributed by atoms with E-state index in [1.54, 1.807) is 0 Å². The zero-order valence-electron chi connectivity index (χ0n) is 16.9. The van der Waals surface area contributed by atoms with Crippen molar-refractivity contribution in [2.75, 3.05) is 49.5 Å². The fourth-order valence-corrected chi connectivity index (χ4v) is 3.92. The van der Waals surface area contributed by atoms with Crippen molar-refractivity contribution in [1.82, 2.24) is 15.5 Å². The minimum absolute atomic E-state index is 0.0875.